The van der Waals surface area contributed by atoms with Crippen molar-refractivity contribution in [2.45, 2.75) is 37.0 Å². The van der Waals surface area contributed by atoms with Crippen molar-refractivity contribution in [3.63, 3.8) is 0 Å². The first-order valence-corrected chi connectivity index (χ1v) is 12.7. The molecule has 1 saturated carbocycles. The van der Waals surface area contributed by atoms with Crippen LogP contribution in [0.5, 0.6) is 0 Å². The third kappa shape index (κ3) is 5.19. The Kier molecular flexibility index (Phi) is 7.44. The maximum Gasteiger partial charge on any atom is 0.274 e. The SMILES string of the molecule is C[C@H]1C[C@@H](c2ccncc2NC(=O)c2ccc(F)c(-c3c(F)cccc3F)n2)C[C@@H](N)[C@@H]1[S@+](C)[O-]. The number of aromatic nitrogens is 2. The van der Waals surface area contributed by atoms with Crippen LogP contribution in [0.4, 0.5) is 18.9 Å². The summed E-state index contributed by atoms with van der Waals surface area (Å²) in [6, 6.07) is 6.75. The van der Waals surface area contributed by atoms with Gasteiger partial charge in [-0.1, -0.05) is 24.2 Å². The van der Waals surface area contributed by atoms with Crippen LogP contribution in [-0.2, 0) is 11.2 Å². The van der Waals surface area contributed by atoms with E-state index in [1.165, 1.54) is 6.20 Å². The molecule has 0 saturated heterocycles. The number of rotatable bonds is 5. The molecule has 1 aliphatic carbocycles. The van der Waals surface area contributed by atoms with E-state index in [4.69, 9.17) is 5.73 Å². The van der Waals surface area contributed by atoms with E-state index in [1.54, 1.807) is 18.5 Å². The number of anilines is 1. The van der Waals surface area contributed by atoms with Crippen LogP contribution in [-0.4, -0.2) is 38.0 Å². The molecule has 0 spiro atoms. The molecular weight excluding hydrogens is 477 g/mol. The number of carbonyl (C=O) groups is 1. The van der Waals surface area contributed by atoms with E-state index in [-0.39, 0.29) is 28.8 Å². The highest BCUT2D eigenvalue weighted by molar-refractivity contribution is 7.91. The monoisotopic (exact) mass is 502 g/mol. The highest BCUT2D eigenvalue weighted by atomic mass is 32.2. The smallest absolute Gasteiger partial charge is 0.274 e. The third-order valence-electron chi connectivity index (χ3n) is 6.40. The second kappa shape index (κ2) is 10.3. The molecule has 1 aliphatic rings. The first-order chi connectivity index (χ1) is 16.7. The molecule has 2 heterocycles. The van der Waals surface area contributed by atoms with Crippen molar-refractivity contribution in [2.24, 2.45) is 11.7 Å². The number of carbonyl (C=O) groups excluding carboxylic acids is 1. The Hall–Kier alpha value is -2.95. The topological polar surface area (TPSA) is 104 Å². The van der Waals surface area contributed by atoms with Crippen LogP contribution in [0.1, 0.15) is 41.7 Å². The number of nitrogens with one attached hydrogen (secondary N) is 1. The number of benzene rings is 1. The standard InChI is InChI=1S/C25H25F3N4O2S/c1-13-10-14(11-19(29)24(13)35(2)34)15-8-9-30-12-21(15)32-25(33)20-7-6-18(28)23(31-20)22-16(26)4-3-5-17(22)27/h3-9,12-14,19,24H,10-11,29H2,1-2H3,(H,32,33)/t13-,14+,19+,24+,35-/m0/s1. The molecule has 1 amide bonds. The molecule has 0 unspecified atom stereocenters. The molecule has 2 aromatic heterocycles. The van der Waals surface area contributed by atoms with Gasteiger partial charge in [0.25, 0.3) is 5.91 Å². The molecule has 3 N–H and O–H groups in total. The van der Waals surface area contributed by atoms with Gasteiger partial charge in [0, 0.05) is 12.1 Å². The Bertz CT molecular complexity index is 1210. The summed E-state index contributed by atoms with van der Waals surface area (Å²) in [5, 5.41) is 2.64. The van der Waals surface area contributed by atoms with E-state index < -0.39 is 45.8 Å². The summed E-state index contributed by atoms with van der Waals surface area (Å²) in [5.41, 5.74) is 6.15. The van der Waals surface area contributed by atoms with Crippen LogP contribution in [0, 0.1) is 23.4 Å². The van der Waals surface area contributed by atoms with Crippen LogP contribution < -0.4 is 11.1 Å². The molecule has 1 fully saturated rings. The fraction of sp³-hybridized carbons (Fsp3) is 0.320. The summed E-state index contributed by atoms with van der Waals surface area (Å²) in [6.45, 7) is 2.02. The van der Waals surface area contributed by atoms with Gasteiger partial charge < -0.3 is 15.6 Å². The minimum Gasteiger partial charge on any atom is -0.616 e. The molecule has 6 nitrogen and oxygen atoms in total. The van der Waals surface area contributed by atoms with Gasteiger partial charge in [0.15, 0.2) is 0 Å². The van der Waals surface area contributed by atoms with Gasteiger partial charge in [0.2, 0.25) is 0 Å². The van der Waals surface area contributed by atoms with E-state index in [2.05, 4.69) is 15.3 Å². The molecule has 4 rings (SSSR count). The van der Waals surface area contributed by atoms with Gasteiger partial charge in [-0.3, -0.25) is 9.78 Å². The van der Waals surface area contributed by atoms with E-state index in [1.807, 2.05) is 6.92 Å². The molecule has 5 atom stereocenters. The second-order valence-corrected chi connectivity index (χ2v) is 10.4. The maximum absolute atomic E-state index is 14.4. The van der Waals surface area contributed by atoms with Crippen LogP contribution in [0.3, 0.4) is 0 Å². The average molecular weight is 503 g/mol. The second-order valence-electron chi connectivity index (χ2n) is 8.81. The van der Waals surface area contributed by atoms with Gasteiger partial charge >= 0.3 is 0 Å². The Morgan fingerprint density at radius 1 is 1.11 bits per heavy atom. The normalized spacial score (nSPS) is 23.1. The van der Waals surface area contributed by atoms with Crippen molar-refractivity contribution in [3.05, 3.63) is 77.5 Å². The van der Waals surface area contributed by atoms with Gasteiger partial charge in [-0.05, 0) is 54.7 Å². The summed E-state index contributed by atoms with van der Waals surface area (Å²) < 4.78 is 54.9. The van der Waals surface area contributed by atoms with Crippen molar-refractivity contribution in [3.8, 4) is 11.3 Å². The number of nitrogens with two attached hydrogens (primary N) is 1. The number of hydrogen-bond acceptors (Lipinski definition) is 5. The van der Waals surface area contributed by atoms with Crippen LogP contribution in [0.15, 0.2) is 48.8 Å². The van der Waals surface area contributed by atoms with Gasteiger partial charge in [0.1, 0.15) is 34.1 Å². The van der Waals surface area contributed by atoms with Crippen molar-refractivity contribution in [1.82, 2.24) is 9.97 Å². The zero-order valence-electron chi connectivity index (χ0n) is 19.2. The van der Waals surface area contributed by atoms with Gasteiger partial charge in [0.05, 0.1) is 29.7 Å². The quantitative estimate of drug-likeness (QED) is 0.504. The Morgan fingerprint density at radius 2 is 1.83 bits per heavy atom. The third-order valence-corrected chi connectivity index (χ3v) is 7.98. The summed E-state index contributed by atoms with van der Waals surface area (Å²) in [5.74, 6) is -3.50. The van der Waals surface area contributed by atoms with Crippen LogP contribution in [0.25, 0.3) is 11.3 Å². The number of halogens is 3. The van der Waals surface area contributed by atoms with E-state index in [0.717, 1.165) is 42.3 Å². The minimum atomic E-state index is -1.05. The van der Waals surface area contributed by atoms with Gasteiger partial charge in [-0.15, -0.1) is 0 Å². The fourth-order valence-corrected chi connectivity index (χ4v) is 6.28. The highest BCUT2D eigenvalue weighted by Gasteiger charge is 2.40. The lowest BCUT2D eigenvalue weighted by atomic mass is 9.76. The summed E-state index contributed by atoms with van der Waals surface area (Å²) in [7, 11) is 0. The molecule has 184 valence electrons. The van der Waals surface area contributed by atoms with E-state index in [0.29, 0.717) is 12.1 Å². The zero-order valence-corrected chi connectivity index (χ0v) is 20.0. The first-order valence-electron chi connectivity index (χ1n) is 11.1. The Labute approximate surface area is 204 Å². The zero-order chi connectivity index (χ0) is 25.3. The average Bonchev–Trinajstić information content (AvgIpc) is 2.79. The molecule has 10 heteroatoms. The number of nitrogens with zero attached hydrogens (tertiary/aromatic N) is 2. The summed E-state index contributed by atoms with van der Waals surface area (Å²) in [6.07, 6.45) is 6.09. The lowest BCUT2D eigenvalue weighted by Crippen LogP contribution is -2.48. The lowest BCUT2D eigenvalue weighted by Gasteiger charge is -2.38. The van der Waals surface area contributed by atoms with Crippen LogP contribution in [0.2, 0.25) is 0 Å². The predicted octanol–water partition coefficient (Wildman–Crippen LogP) is 4.40. The number of amides is 1. The van der Waals surface area contributed by atoms with Crippen molar-refractivity contribution >= 4 is 22.8 Å². The van der Waals surface area contributed by atoms with Crippen molar-refractivity contribution in [2.75, 3.05) is 11.6 Å². The molecule has 0 radical (unpaired) electrons. The predicted molar refractivity (Wildman–Crippen MR) is 129 cm³/mol. The number of pyridine rings is 2. The van der Waals surface area contributed by atoms with Crippen LogP contribution >= 0.6 is 0 Å². The summed E-state index contributed by atoms with van der Waals surface area (Å²) >= 11 is -1.05. The maximum atomic E-state index is 14.4. The first kappa shape index (κ1) is 25.2. The largest absolute Gasteiger partial charge is 0.616 e. The summed E-state index contributed by atoms with van der Waals surface area (Å²) in [4.78, 5) is 21.0. The molecule has 1 aromatic carbocycles. The lowest BCUT2D eigenvalue weighted by molar-refractivity contribution is 0.102. The van der Waals surface area contributed by atoms with E-state index >= 15 is 0 Å². The molecule has 3 aromatic rings. The van der Waals surface area contributed by atoms with Gasteiger partial charge in [-0.2, -0.15) is 0 Å². The molecule has 0 bridgehead atoms. The fourth-order valence-electron chi connectivity index (χ4n) is 4.91. The molecule has 0 aliphatic heterocycles. The van der Waals surface area contributed by atoms with E-state index in [9.17, 15) is 22.5 Å². The van der Waals surface area contributed by atoms with Crippen molar-refractivity contribution < 1.29 is 22.5 Å². The van der Waals surface area contributed by atoms with Gasteiger partial charge in [-0.25, -0.2) is 18.2 Å². The Balaban J connectivity index is 1.61. The Morgan fingerprint density at radius 3 is 2.49 bits per heavy atom. The highest BCUT2D eigenvalue weighted by Crippen LogP contribution is 2.40. The molecule has 35 heavy (non-hydrogen) atoms. The minimum absolute atomic E-state index is 0.00217. The number of hydrogen-bond donors (Lipinski definition) is 2. The van der Waals surface area contributed by atoms with Crippen molar-refractivity contribution in [1.29, 1.82) is 0 Å². The molecular formula is C25H25F3N4O2S.